The van der Waals surface area contributed by atoms with Crippen LogP contribution in [-0.2, 0) is 6.54 Å². The van der Waals surface area contributed by atoms with Crippen molar-refractivity contribution >= 4 is 5.91 Å². The van der Waals surface area contributed by atoms with Gasteiger partial charge in [0.2, 0.25) is 0 Å². The van der Waals surface area contributed by atoms with Crippen molar-refractivity contribution in [3.05, 3.63) is 59.9 Å². The van der Waals surface area contributed by atoms with Gasteiger partial charge >= 0.3 is 0 Å². The van der Waals surface area contributed by atoms with Gasteiger partial charge in [-0.1, -0.05) is 30.3 Å². The van der Waals surface area contributed by atoms with Gasteiger partial charge in [-0.2, -0.15) is 0 Å². The number of piperidine rings is 2. The second kappa shape index (κ2) is 8.72. The second-order valence-electron chi connectivity index (χ2n) is 7.79. The van der Waals surface area contributed by atoms with Gasteiger partial charge in [-0.3, -0.25) is 9.69 Å². The zero-order valence-corrected chi connectivity index (χ0v) is 15.9. The Hall–Kier alpha value is -2.11. The average molecular weight is 367 g/mol. The van der Waals surface area contributed by atoms with E-state index in [-0.39, 0.29) is 11.9 Å². The summed E-state index contributed by atoms with van der Waals surface area (Å²) < 4.78 is 2.18. The highest BCUT2D eigenvalue weighted by Gasteiger charge is 2.24. The number of carbonyl (C=O) groups excluding carboxylic acids is 1. The van der Waals surface area contributed by atoms with Crippen molar-refractivity contribution in [2.75, 3.05) is 26.2 Å². The van der Waals surface area contributed by atoms with Crippen molar-refractivity contribution in [1.29, 1.82) is 0 Å². The van der Waals surface area contributed by atoms with E-state index >= 15 is 0 Å². The molecule has 2 aromatic rings. The van der Waals surface area contributed by atoms with Crippen LogP contribution < -0.4 is 10.6 Å². The smallest absolute Gasteiger partial charge is 0.268 e. The van der Waals surface area contributed by atoms with Crippen LogP contribution in [0.3, 0.4) is 0 Å². The van der Waals surface area contributed by atoms with Crippen LogP contribution in [0.5, 0.6) is 0 Å². The number of aromatic nitrogens is 1. The summed E-state index contributed by atoms with van der Waals surface area (Å²) in [5.41, 5.74) is 2.17. The number of nitrogens with zero attached hydrogens (tertiary/aromatic N) is 2. The number of rotatable bonds is 5. The van der Waals surface area contributed by atoms with E-state index in [1.807, 2.05) is 12.1 Å². The van der Waals surface area contributed by atoms with Crippen LogP contribution in [0.4, 0.5) is 0 Å². The van der Waals surface area contributed by atoms with Gasteiger partial charge in [-0.25, -0.2) is 0 Å². The van der Waals surface area contributed by atoms with E-state index in [1.54, 1.807) is 0 Å². The highest BCUT2D eigenvalue weighted by atomic mass is 16.2. The van der Waals surface area contributed by atoms with Crippen molar-refractivity contribution < 1.29 is 4.79 Å². The first kappa shape index (κ1) is 18.3. The fourth-order valence-corrected chi connectivity index (χ4v) is 4.33. The molecule has 1 aromatic heterocycles. The van der Waals surface area contributed by atoms with E-state index in [0.29, 0.717) is 6.04 Å². The van der Waals surface area contributed by atoms with Gasteiger partial charge in [0.25, 0.3) is 5.91 Å². The summed E-state index contributed by atoms with van der Waals surface area (Å²) in [6.45, 7) is 5.14. The van der Waals surface area contributed by atoms with Gasteiger partial charge in [-0.15, -0.1) is 0 Å². The van der Waals surface area contributed by atoms with E-state index in [9.17, 15) is 4.79 Å². The maximum Gasteiger partial charge on any atom is 0.268 e. The van der Waals surface area contributed by atoms with Crippen molar-refractivity contribution in [2.45, 2.75) is 44.3 Å². The third kappa shape index (κ3) is 4.60. The van der Waals surface area contributed by atoms with Gasteiger partial charge < -0.3 is 15.2 Å². The normalized spacial score (nSPS) is 19.9. The fraction of sp³-hybridized carbons (Fsp3) is 0.500. The van der Waals surface area contributed by atoms with E-state index in [0.717, 1.165) is 64.1 Å². The summed E-state index contributed by atoms with van der Waals surface area (Å²) in [7, 11) is 0. The lowest BCUT2D eigenvalue weighted by Crippen LogP contribution is -2.45. The molecule has 0 aliphatic carbocycles. The molecule has 0 spiro atoms. The molecule has 0 radical (unpaired) electrons. The SMILES string of the molecule is O=C(NC1CCN(Cc2ccccc2)CC1)c1cccn1C1CCNCC1. The number of nitrogens with one attached hydrogen (secondary N) is 2. The molecule has 2 aliphatic heterocycles. The largest absolute Gasteiger partial charge is 0.348 e. The van der Waals surface area contributed by atoms with Crippen LogP contribution in [0.1, 0.15) is 47.8 Å². The summed E-state index contributed by atoms with van der Waals surface area (Å²) in [5, 5.41) is 6.68. The lowest BCUT2D eigenvalue weighted by Gasteiger charge is -2.32. The molecule has 2 saturated heterocycles. The first-order valence-electron chi connectivity index (χ1n) is 10.2. The fourth-order valence-electron chi connectivity index (χ4n) is 4.33. The molecule has 0 saturated carbocycles. The van der Waals surface area contributed by atoms with Crippen molar-refractivity contribution in [2.24, 2.45) is 0 Å². The van der Waals surface area contributed by atoms with Crippen LogP contribution in [0.2, 0.25) is 0 Å². The second-order valence-corrected chi connectivity index (χ2v) is 7.79. The molecule has 27 heavy (non-hydrogen) atoms. The van der Waals surface area contributed by atoms with Crippen LogP contribution >= 0.6 is 0 Å². The molecule has 144 valence electrons. The molecule has 1 amide bonds. The number of benzene rings is 1. The third-order valence-electron chi connectivity index (χ3n) is 5.89. The minimum atomic E-state index is 0.0834. The number of amides is 1. The third-order valence-corrected chi connectivity index (χ3v) is 5.89. The lowest BCUT2D eigenvalue weighted by molar-refractivity contribution is 0.0896. The Bertz CT molecular complexity index is 728. The quantitative estimate of drug-likeness (QED) is 0.856. The Balaban J connectivity index is 1.29. The van der Waals surface area contributed by atoms with Gasteiger partial charge in [0.1, 0.15) is 5.69 Å². The zero-order chi connectivity index (χ0) is 18.5. The van der Waals surface area contributed by atoms with Gasteiger partial charge in [0.05, 0.1) is 0 Å². The highest BCUT2D eigenvalue weighted by molar-refractivity contribution is 5.93. The summed E-state index contributed by atoms with van der Waals surface area (Å²) >= 11 is 0. The van der Waals surface area contributed by atoms with E-state index < -0.39 is 0 Å². The Morgan fingerprint density at radius 3 is 2.48 bits per heavy atom. The summed E-state index contributed by atoms with van der Waals surface area (Å²) in [6, 6.07) is 15.3. The molecule has 2 fully saturated rings. The molecule has 2 aliphatic rings. The molecule has 4 rings (SSSR count). The standard InChI is InChI=1S/C22H30N4O/c27-22(21-7-4-14-26(21)20-8-12-23-13-9-20)24-19-10-15-25(16-11-19)17-18-5-2-1-3-6-18/h1-7,14,19-20,23H,8-13,15-17H2,(H,24,27). The summed E-state index contributed by atoms with van der Waals surface area (Å²) in [6.07, 6.45) is 6.28. The molecule has 0 unspecified atom stereocenters. The molecule has 3 heterocycles. The molecule has 0 atom stereocenters. The Kier molecular flexibility index (Phi) is 5.90. The minimum absolute atomic E-state index is 0.0834. The van der Waals surface area contributed by atoms with Crippen LogP contribution in [0.25, 0.3) is 0 Å². The number of carbonyl (C=O) groups is 1. The maximum atomic E-state index is 12.8. The van der Waals surface area contributed by atoms with E-state index in [4.69, 9.17) is 0 Å². The van der Waals surface area contributed by atoms with Crippen LogP contribution in [0.15, 0.2) is 48.7 Å². The lowest BCUT2D eigenvalue weighted by atomic mass is 10.0. The molecule has 1 aromatic carbocycles. The van der Waals surface area contributed by atoms with E-state index in [1.165, 1.54) is 5.56 Å². The van der Waals surface area contributed by atoms with Crippen LogP contribution in [0, 0.1) is 0 Å². The predicted molar refractivity (Wildman–Crippen MR) is 108 cm³/mol. The van der Waals surface area contributed by atoms with Gasteiger partial charge in [-0.05, 0) is 56.5 Å². The number of likely N-dealkylation sites (tertiary alicyclic amines) is 1. The summed E-state index contributed by atoms with van der Waals surface area (Å²) in [4.78, 5) is 15.3. The molecule has 5 heteroatoms. The first-order chi connectivity index (χ1) is 13.3. The maximum absolute atomic E-state index is 12.8. The molecule has 0 bridgehead atoms. The zero-order valence-electron chi connectivity index (χ0n) is 15.9. The van der Waals surface area contributed by atoms with Gasteiger partial charge in [0, 0.05) is 37.9 Å². The Morgan fingerprint density at radius 1 is 1.00 bits per heavy atom. The van der Waals surface area contributed by atoms with Crippen molar-refractivity contribution in [3.63, 3.8) is 0 Å². The first-order valence-corrected chi connectivity index (χ1v) is 10.2. The van der Waals surface area contributed by atoms with Gasteiger partial charge in [0.15, 0.2) is 0 Å². The monoisotopic (exact) mass is 366 g/mol. The number of hydrogen-bond acceptors (Lipinski definition) is 3. The minimum Gasteiger partial charge on any atom is -0.348 e. The van der Waals surface area contributed by atoms with Crippen molar-refractivity contribution in [3.8, 4) is 0 Å². The topological polar surface area (TPSA) is 49.3 Å². The average Bonchev–Trinajstić information content (AvgIpc) is 3.21. The molecular formula is C22H30N4O. The van der Waals surface area contributed by atoms with Crippen molar-refractivity contribution in [1.82, 2.24) is 20.1 Å². The summed E-state index contributed by atoms with van der Waals surface area (Å²) in [5.74, 6) is 0.0834. The van der Waals surface area contributed by atoms with Crippen LogP contribution in [-0.4, -0.2) is 47.6 Å². The number of hydrogen-bond donors (Lipinski definition) is 2. The highest BCUT2D eigenvalue weighted by Crippen LogP contribution is 2.22. The molecule has 2 N–H and O–H groups in total. The Labute approximate surface area is 161 Å². The molecular weight excluding hydrogens is 336 g/mol. The predicted octanol–water partition coefficient (Wildman–Crippen LogP) is 2.81. The molecule has 5 nitrogen and oxygen atoms in total. The Morgan fingerprint density at radius 2 is 1.74 bits per heavy atom. The van der Waals surface area contributed by atoms with E-state index in [2.05, 4.69) is 56.6 Å².